The number of nitrogens with two attached hydrogens (primary N) is 1. The molecule has 1 aromatic carbocycles. The third kappa shape index (κ3) is 3.53. The van der Waals surface area contributed by atoms with E-state index in [0.717, 1.165) is 3.57 Å². The van der Waals surface area contributed by atoms with E-state index in [4.69, 9.17) is 10.4 Å². The van der Waals surface area contributed by atoms with Gasteiger partial charge < -0.3 is 9.42 Å². The predicted octanol–water partition coefficient (Wildman–Crippen LogP) is 1.73. The topological polar surface area (TPSA) is 72.6 Å². The zero-order chi connectivity index (χ0) is 9.19. The van der Waals surface area contributed by atoms with Crippen molar-refractivity contribution >= 4 is 30.3 Å². The molecule has 1 atom stereocenters. The van der Waals surface area contributed by atoms with Crippen molar-refractivity contribution in [2.24, 2.45) is 5.50 Å². The van der Waals surface area contributed by atoms with E-state index < -0.39 is 7.75 Å². The summed E-state index contributed by atoms with van der Waals surface area (Å²) in [6.45, 7) is 0. The summed E-state index contributed by atoms with van der Waals surface area (Å²) >= 11 is 2.12. The minimum atomic E-state index is -3.91. The van der Waals surface area contributed by atoms with Crippen molar-refractivity contribution in [2.45, 2.75) is 0 Å². The fraction of sp³-hybridized carbons (Fsp3) is 0. The molecule has 0 radical (unpaired) electrons. The van der Waals surface area contributed by atoms with Crippen LogP contribution in [0.4, 0.5) is 0 Å². The molecule has 6 heteroatoms. The summed E-state index contributed by atoms with van der Waals surface area (Å²) in [4.78, 5) is 8.65. The molecule has 1 unspecified atom stereocenters. The Bertz CT molecular complexity index is 307. The smallest absolute Gasteiger partial charge is 0.413 e. The van der Waals surface area contributed by atoms with Gasteiger partial charge in [-0.2, -0.15) is 0 Å². The van der Waals surface area contributed by atoms with E-state index in [1.165, 1.54) is 0 Å². The average Bonchev–Trinajstić information content (AvgIpc) is 1.91. The molecule has 1 rings (SSSR count). The summed E-state index contributed by atoms with van der Waals surface area (Å²) in [6.07, 6.45) is 0. The maximum absolute atomic E-state index is 10.6. The molecule has 0 saturated carbocycles. The second-order valence-electron chi connectivity index (χ2n) is 2.11. The van der Waals surface area contributed by atoms with Crippen molar-refractivity contribution in [1.29, 1.82) is 0 Å². The van der Waals surface area contributed by atoms with Crippen LogP contribution >= 0.6 is 30.3 Å². The van der Waals surface area contributed by atoms with Gasteiger partial charge in [0.25, 0.3) is 0 Å². The standard InChI is InChI=1S/C6H7INO3P/c7-5-1-3-6(4-2-5)11-12(8,9)10/h1-4H,(H3,8,9,10). The van der Waals surface area contributed by atoms with Gasteiger partial charge in [0.2, 0.25) is 0 Å². The number of benzene rings is 1. The Hall–Kier alpha value is -0.100. The second-order valence-corrected chi connectivity index (χ2v) is 4.67. The molecule has 0 aliphatic rings. The Morgan fingerprint density at radius 1 is 1.42 bits per heavy atom. The molecule has 0 saturated heterocycles. The summed E-state index contributed by atoms with van der Waals surface area (Å²) in [7, 11) is -3.91. The minimum absolute atomic E-state index is 0.295. The van der Waals surface area contributed by atoms with Gasteiger partial charge in [0, 0.05) is 3.57 Å². The van der Waals surface area contributed by atoms with Gasteiger partial charge in [0.05, 0.1) is 0 Å². The van der Waals surface area contributed by atoms with Crippen molar-refractivity contribution in [3.8, 4) is 5.75 Å². The first-order chi connectivity index (χ1) is 5.47. The SMILES string of the molecule is NP(=O)(O)Oc1ccc(I)cc1. The van der Waals surface area contributed by atoms with Gasteiger partial charge in [0.15, 0.2) is 0 Å². The van der Waals surface area contributed by atoms with Crippen molar-refractivity contribution in [2.75, 3.05) is 0 Å². The average molecular weight is 299 g/mol. The van der Waals surface area contributed by atoms with Crippen molar-refractivity contribution in [3.63, 3.8) is 0 Å². The third-order valence-corrected chi connectivity index (χ3v) is 2.24. The Morgan fingerprint density at radius 3 is 2.33 bits per heavy atom. The van der Waals surface area contributed by atoms with Crippen LogP contribution < -0.4 is 10.0 Å². The molecule has 0 heterocycles. The molecule has 0 bridgehead atoms. The van der Waals surface area contributed by atoms with Gasteiger partial charge in [-0.3, -0.25) is 0 Å². The molecule has 0 aromatic heterocycles. The Kier molecular flexibility index (Phi) is 3.11. The third-order valence-electron chi connectivity index (χ3n) is 1.05. The van der Waals surface area contributed by atoms with Gasteiger partial charge >= 0.3 is 7.75 Å². The Labute approximate surface area is 83.5 Å². The lowest BCUT2D eigenvalue weighted by atomic mass is 10.3. The van der Waals surface area contributed by atoms with E-state index in [1.807, 2.05) is 0 Å². The molecule has 12 heavy (non-hydrogen) atoms. The van der Waals surface area contributed by atoms with Crippen molar-refractivity contribution in [3.05, 3.63) is 27.8 Å². The fourth-order valence-corrected chi connectivity index (χ4v) is 1.43. The van der Waals surface area contributed by atoms with Crippen LogP contribution in [0.2, 0.25) is 0 Å². The summed E-state index contributed by atoms with van der Waals surface area (Å²) < 4.78 is 16.1. The highest BCUT2D eigenvalue weighted by Gasteiger charge is 2.12. The van der Waals surface area contributed by atoms with Crippen molar-refractivity contribution in [1.82, 2.24) is 0 Å². The van der Waals surface area contributed by atoms with Crippen LogP contribution in [0.25, 0.3) is 0 Å². The molecular formula is C6H7INO3P. The quantitative estimate of drug-likeness (QED) is 0.644. The Balaban J connectivity index is 2.78. The summed E-state index contributed by atoms with van der Waals surface area (Å²) in [5.74, 6) is 0.295. The lowest BCUT2D eigenvalue weighted by molar-refractivity contribution is 0.381. The van der Waals surface area contributed by atoms with E-state index in [9.17, 15) is 4.57 Å². The summed E-state index contributed by atoms with van der Waals surface area (Å²) in [5, 5.41) is 0. The second kappa shape index (κ2) is 3.74. The number of hydrogen-bond acceptors (Lipinski definition) is 2. The number of rotatable bonds is 2. The van der Waals surface area contributed by atoms with Crippen LogP contribution in [0.15, 0.2) is 24.3 Å². The van der Waals surface area contributed by atoms with E-state index in [1.54, 1.807) is 24.3 Å². The monoisotopic (exact) mass is 299 g/mol. The summed E-state index contributed by atoms with van der Waals surface area (Å²) in [5.41, 5.74) is 4.79. The lowest BCUT2D eigenvalue weighted by Crippen LogP contribution is -2.00. The first kappa shape index (κ1) is 9.98. The zero-order valence-corrected chi connectivity index (χ0v) is 9.03. The highest BCUT2D eigenvalue weighted by atomic mass is 127. The molecule has 1 aromatic rings. The van der Waals surface area contributed by atoms with Gasteiger partial charge in [-0.15, -0.1) is 0 Å². The zero-order valence-electron chi connectivity index (χ0n) is 5.98. The van der Waals surface area contributed by atoms with Gasteiger partial charge in [-0.05, 0) is 46.9 Å². The van der Waals surface area contributed by atoms with Crippen LogP contribution in [0, 0.1) is 3.57 Å². The highest BCUT2D eigenvalue weighted by molar-refractivity contribution is 14.1. The van der Waals surface area contributed by atoms with Gasteiger partial charge in [-0.25, -0.2) is 10.1 Å². The van der Waals surface area contributed by atoms with Gasteiger partial charge in [-0.1, -0.05) is 0 Å². The molecule has 4 nitrogen and oxygen atoms in total. The maximum Gasteiger partial charge on any atom is 0.453 e. The fourth-order valence-electron chi connectivity index (χ4n) is 0.646. The molecular weight excluding hydrogens is 292 g/mol. The van der Waals surface area contributed by atoms with E-state index in [0.29, 0.717) is 5.75 Å². The molecule has 0 spiro atoms. The van der Waals surface area contributed by atoms with E-state index in [2.05, 4.69) is 27.1 Å². The summed E-state index contributed by atoms with van der Waals surface area (Å²) in [6, 6.07) is 6.67. The maximum atomic E-state index is 10.6. The van der Waals surface area contributed by atoms with Crippen molar-refractivity contribution < 1.29 is 14.0 Å². The first-order valence-electron chi connectivity index (χ1n) is 3.04. The van der Waals surface area contributed by atoms with E-state index in [-0.39, 0.29) is 0 Å². The minimum Gasteiger partial charge on any atom is -0.413 e. The molecule has 3 N–H and O–H groups in total. The predicted molar refractivity (Wildman–Crippen MR) is 53.8 cm³/mol. The lowest BCUT2D eigenvalue weighted by Gasteiger charge is -2.06. The molecule has 0 aliphatic heterocycles. The largest absolute Gasteiger partial charge is 0.453 e. The normalized spacial score (nSPS) is 15.2. The number of hydrogen-bond donors (Lipinski definition) is 2. The van der Waals surface area contributed by atoms with Crippen LogP contribution in [0.3, 0.4) is 0 Å². The van der Waals surface area contributed by atoms with Gasteiger partial charge in [0.1, 0.15) is 5.75 Å². The Morgan fingerprint density at radius 2 is 1.92 bits per heavy atom. The first-order valence-corrected chi connectivity index (χ1v) is 5.76. The molecule has 66 valence electrons. The number of halogens is 1. The van der Waals surface area contributed by atoms with Crippen LogP contribution in [-0.4, -0.2) is 4.89 Å². The highest BCUT2D eigenvalue weighted by Crippen LogP contribution is 2.33. The van der Waals surface area contributed by atoms with Crippen LogP contribution in [0.5, 0.6) is 5.75 Å². The molecule has 0 amide bonds. The molecule has 0 aliphatic carbocycles. The van der Waals surface area contributed by atoms with Crippen LogP contribution in [0.1, 0.15) is 0 Å². The van der Waals surface area contributed by atoms with E-state index >= 15 is 0 Å². The molecule has 0 fully saturated rings. The van der Waals surface area contributed by atoms with Crippen LogP contribution in [-0.2, 0) is 4.57 Å².